The molecule has 0 fully saturated rings. The summed E-state index contributed by atoms with van der Waals surface area (Å²) >= 11 is 0. The van der Waals surface area contributed by atoms with Gasteiger partial charge in [-0.1, -0.05) is 32.0 Å². The number of halogens is 3. The lowest BCUT2D eigenvalue weighted by molar-refractivity contribution is -0.0500. The minimum Gasteiger partial charge on any atom is -0.376 e. The number of alkyl halides is 3. The van der Waals surface area contributed by atoms with Crippen LogP contribution in [-0.2, 0) is 10.1 Å². The van der Waals surface area contributed by atoms with Crippen LogP contribution in [0.3, 0.4) is 0 Å². The van der Waals surface area contributed by atoms with Gasteiger partial charge < -0.3 is 4.18 Å². The fourth-order valence-corrected chi connectivity index (χ4v) is 1.33. The standard InChI is InChI=1S/C8H7F3O3S.C2H6/c1-6-4-2-3-5-7(6)14-15(12,13)8(9,10)11;1-2/h2-5H,1H3;1-2H3. The molecule has 0 amide bonds. The molecule has 0 heterocycles. The van der Waals surface area contributed by atoms with Crippen LogP contribution in [0, 0.1) is 6.92 Å². The Hall–Kier alpha value is -1.24. The first-order valence-electron chi connectivity index (χ1n) is 4.80. The van der Waals surface area contributed by atoms with Gasteiger partial charge in [0.2, 0.25) is 0 Å². The van der Waals surface area contributed by atoms with Crippen molar-refractivity contribution in [2.75, 3.05) is 0 Å². The van der Waals surface area contributed by atoms with Crippen molar-refractivity contribution < 1.29 is 25.8 Å². The zero-order valence-electron chi connectivity index (χ0n) is 9.58. The van der Waals surface area contributed by atoms with E-state index in [-0.39, 0.29) is 5.75 Å². The molecule has 0 unspecified atom stereocenters. The van der Waals surface area contributed by atoms with Crippen molar-refractivity contribution in [1.29, 1.82) is 0 Å². The predicted molar refractivity (Wildman–Crippen MR) is 58.1 cm³/mol. The molecule has 0 bridgehead atoms. The molecule has 0 spiro atoms. The van der Waals surface area contributed by atoms with Crippen LogP contribution in [0.2, 0.25) is 0 Å². The molecule has 3 nitrogen and oxygen atoms in total. The first-order valence-corrected chi connectivity index (χ1v) is 6.21. The zero-order chi connectivity index (χ0) is 13.7. The number of hydrogen-bond donors (Lipinski definition) is 0. The van der Waals surface area contributed by atoms with Gasteiger partial charge in [0.05, 0.1) is 0 Å². The van der Waals surface area contributed by atoms with Crippen LogP contribution in [-0.4, -0.2) is 13.9 Å². The lowest BCUT2D eigenvalue weighted by atomic mass is 10.2. The van der Waals surface area contributed by atoms with E-state index in [1.807, 2.05) is 13.8 Å². The van der Waals surface area contributed by atoms with Crippen LogP contribution < -0.4 is 4.18 Å². The van der Waals surface area contributed by atoms with Crippen molar-refractivity contribution in [3.8, 4) is 5.75 Å². The topological polar surface area (TPSA) is 43.4 Å². The smallest absolute Gasteiger partial charge is 0.376 e. The summed E-state index contributed by atoms with van der Waals surface area (Å²) in [4.78, 5) is 0. The SMILES string of the molecule is CC.Cc1ccccc1OS(=O)(=O)C(F)(F)F. The Bertz CT molecular complexity index is 452. The molecule has 0 N–H and O–H groups in total. The molecule has 17 heavy (non-hydrogen) atoms. The second-order valence-electron chi connectivity index (χ2n) is 2.75. The highest BCUT2D eigenvalue weighted by atomic mass is 32.2. The Morgan fingerprint density at radius 1 is 1.12 bits per heavy atom. The van der Waals surface area contributed by atoms with Gasteiger partial charge in [0, 0.05) is 0 Å². The van der Waals surface area contributed by atoms with E-state index in [1.165, 1.54) is 19.1 Å². The van der Waals surface area contributed by atoms with E-state index in [9.17, 15) is 21.6 Å². The van der Waals surface area contributed by atoms with Crippen LogP contribution in [0.1, 0.15) is 19.4 Å². The van der Waals surface area contributed by atoms with Crippen LogP contribution >= 0.6 is 0 Å². The summed E-state index contributed by atoms with van der Waals surface area (Å²) in [6.07, 6.45) is 0. The maximum atomic E-state index is 11.9. The lowest BCUT2D eigenvalue weighted by Crippen LogP contribution is -2.28. The predicted octanol–water partition coefficient (Wildman–Crippen LogP) is 3.25. The summed E-state index contributed by atoms with van der Waals surface area (Å²) in [6.45, 7) is 5.45. The van der Waals surface area contributed by atoms with Crippen LogP contribution in [0.5, 0.6) is 5.75 Å². The van der Waals surface area contributed by atoms with Crippen molar-refractivity contribution in [2.45, 2.75) is 26.3 Å². The Labute approximate surface area is 98.3 Å². The molecular formula is C10H13F3O3S. The maximum Gasteiger partial charge on any atom is 0.534 e. The Morgan fingerprint density at radius 3 is 2.00 bits per heavy atom. The lowest BCUT2D eigenvalue weighted by Gasteiger charge is -2.10. The van der Waals surface area contributed by atoms with Gasteiger partial charge in [0.1, 0.15) is 5.75 Å². The molecule has 0 saturated carbocycles. The second-order valence-corrected chi connectivity index (χ2v) is 4.29. The second kappa shape index (κ2) is 5.90. The molecule has 0 radical (unpaired) electrons. The first kappa shape index (κ1) is 15.8. The van der Waals surface area contributed by atoms with Gasteiger partial charge in [-0.2, -0.15) is 21.6 Å². The Morgan fingerprint density at radius 2 is 1.59 bits per heavy atom. The molecular weight excluding hydrogens is 257 g/mol. The number of rotatable bonds is 2. The Balaban J connectivity index is 0.00000121. The third kappa shape index (κ3) is 4.26. The fourth-order valence-electron chi connectivity index (χ4n) is 0.815. The molecule has 0 aromatic heterocycles. The number of para-hydroxylation sites is 1. The van der Waals surface area contributed by atoms with Gasteiger partial charge in [-0.05, 0) is 18.6 Å². The van der Waals surface area contributed by atoms with Crippen molar-refractivity contribution in [3.63, 3.8) is 0 Å². The molecule has 1 rings (SSSR count). The molecule has 1 aromatic rings. The van der Waals surface area contributed by atoms with Crippen molar-refractivity contribution >= 4 is 10.1 Å². The summed E-state index contributed by atoms with van der Waals surface area (Å²) < 4.78 is 61.0. The highest BCUT2D eigenvalue weighted by Gasteiger charge is 2.48. The maximum absolute atomic E-state index is 11.9. The van der Waals surface area contributed by atoms with Crippen molar-refractivity contribution in [1.82, 2.24) is 0 Å². The van der Waals surface area contributed by atoms with Crippen molar-refractivity contribution in [3.05, 3.63) is 29.8 Å². The van der Waals surface area contributed by atoms with E-state index in [2.05, 4.69) is 4.18 Å². The van der Waals surface area contributed by atoms with Gasteiger partial charge >= 0.3 is 15.6 Å². The van der Waals surface area contributed by atoms with E-state index in [4.69, 9.17) is 0 Å². The van der Waals surface area contributed by atoms with E-state index in [0.29, 0.717) is 5.56 Å². The highest BCUT2D eigenvalue weighted by Crippen LogP contribution is 2.28. The van der Waals surface area contributed by atoms with E-state index in [1.54, 1.807) is 6.07 Å². The van der Waals surface area contributed by atoms with Gasteiger partial charge in [0.15, 0.2) is 0 Å². The third-order valence-corrected chi connectivity index (χ3v) is 2.54. The highest BCUT2D eigenvalue weighted by molar-refractivity contribution is 7.88. The molecule has 0 aliphatic carbocycles. The molecule has 7 heteroatoms. The minimum absolute atomic E-state index is 0.310. The van der Waals surface area contributed by atoms with Crippen LogP contribution in [0.4, 0.5) is 13.2 Å². The number of hydrogen-bond acceptors (Lipinski definition) is 3. The summed E-state index contributed by atoms with van der Waals surface area (Å²) in [5.41, 5.74) is -5.10. The monoisotopic (exact) mass is 270 g/mol. The zero-order valence-corrected chi connectivity index (χ0v) is 10.4. The molecule has 98 valence electrons. The average molecular weight is 270 g/mol. The fraction of sp³-hybridized carbons (Fsp3) is 0.400. The largest absolute Gasteiger partial charge is 0.534 e. The Kier molecular flexibility index (Phi) is 5.47. The summed E-state index contributed by atoms with van der Waals surface area (Å²) in [6, 6.07) is 5.54. The first-order chi connectivity index (χ1) is 7.74. The minimum atomic E-state index is -5.57. The van der Waals surface area contributed by atoms with Gasteiger partial charge in [-0.3, -0.25) is 0 Å². The van der Waals surface area contributed by atoms with E-state index < -0.39 is 15.6 Å². The molecule has 0 aliphatic rings. The van der Waals surface area contributed by atoms with Gasteiger partial charge in [0.25, 0.3) is 0 Å². The third-order valence-electron chi connectivity index (χ3n) is 1.58. The van der Waals surface area contributed by atoms with Crippen LogP contribution in [0.15, 0.2) is 24.3 Å². The molecule has 0 aliphatic heterocycles. The molecule has 0 atom stereocenters. The van der Waals surface area contributed by atoms with Crippen molar-refractivity contribution in [2.24, 2.45) is 0 Å². The van der Waals surface area contributed by atoms with Gasteiger partial charge in [-0.15, -0.1) is 0 Å². The normalized spacial score (nSPS) is 11.4. The number of benzene rings is 1. The molecule has 1 aromatic carbocycles. The quantitative estimate of drug-likeness (QED) is 0.612. The summed E-state index contributed by atoms with van der Waals surface area (Å²) in [5.74, 6) is -0.324. The van der Waals surface area contributed by atoms with Crippen LogP contribution in [0.25, 0.3) is 0 Å². The van der Waals surface area contributed by atoms with Gasteiger partial charge in [-0.25, -0.2) is 0 Å². The summed E-state index contributed by atoms with van der Waals surface area (Å²) in [7, 11) is -5.57. The molecule has 0 saturated heterocycles. The van der Waals surface area contributed by atoms with E-state index >= 15 is 0 Å². The average Bonchev–Trinajstić information content (AvgIpc) is 2.22. The van der Waals surface area contributed by atoms with E-state index in [0.717, 1.165) is 6.07 Å². The number of aryl methyl sites for hydroxylation is 1. The summed E-state index contributed by atoms with van der Waals surface area (Å²) in [5, 5.41) is 0.